The minimum absolute atomic E-state index is 0.159. The van der Waals surface area contributed by atoms with Crippen molar-refractivity contribution < 1.29 is 24.2 Å². The van der Waals surface area contributed by atoms with Crippen molar-refractivity contribution in [1.82, 2.24) is 0 Å². The SMILES string of the molecule is CCOC(=O)C(O)=CC=C(SCc1ccc(C(C)C)cc1)C(=O)OCC. The molecule has 5 nitrogen and oxygen atoms in total. The summed E-state index contributed by atoms with van der Waals surface area (Å²) in [4.78, 5) is 23.8. The molecule has 0 radical (unpaired) electrons. The molecular weight excluding hydrogens is 352 g/mol. The number of thioether (sulfide) groups is 1. The summed E-state index contributed by atoms with van der Waals surface area (Å²) in [7, 11) is 0. The molecule has 0 aliphatic heterocycles. The third-order valence-corrected chi connectivity index (χ3v) is 4.49. The Hall–Kier alpha value is -2.21. The van der Waals surface area contributed by atoms with E-state index in [2.05, 4.69) is 26.0 Å². The first-order valence-electron chi connectivity index (χ1n) is 8.55. The highest BCUT2D eigenvalue weighted by Gasteiger charge is 2.13. The summed E-state index contributed by atoms with van der Waals surface area (Å²) < 4.78 is 9.72. The third-order valence-electron chi connectivity index (χ3n) is 3.39. The maximum Gasteiger partial charge on any atom is 0.373 e. The van der Waals surface area contributed by atoms with Gasteiger partial charge in [-0.15, -0.1) is 11.8 Å². The van der Waals surface area contributed by atoms with Gasteiger partial charge < -0.3 is 14.6 Å². The van der Waals surface area contributed by atoms with Crippen LogP contribution in [0.3, 0.4) is 0 Å². The van der Waals surface area contributed by atoms with E-state index in [1.54, 1.807) is 13.8 Å². The van der Waals surface area contributed by atoms with E-state index in [9.17, 15) is 14.7 Å². The lowest BCUT2D eigenvalue weighted by molar-refractivity contribution is -0.141. The van der Waals surface area contributed by atoms with E-state index >= 15 is 0 Å². The van der Waals surface area contributed by atoms with E-state index in [4.69, 9.17) is 9.47 Å². The van der Waals surface area contributed by atoms with Crippen LogP contribution in [0.25, 0.3) is 0 Å². The number of ether oxygens (including phenoxy) is 2. The van der Waals surface area contributed by atoms with Crippen molar-refractivity contribution in [2.24, 2.45) is 0 Å². The Bertz CT molecular complexity index is 659. The predicted molar refractivity (Wildman–Crippen MR) is 104 cm³/mol. The molecule has 1 aromatic carbocycles. The molecule has 0 aliphatic rings. The zero-order valence-corrected chi connectivity index (χ0v) is 16.5. The number of benzene rings is 1. The maximum absolute atomic E-state index is 12.1. The number of rotatable bonds is 9. The summed E-state index contributed by atoms with van der Waals surface area (Å²) in [6.07, 6.45) is 2.52. The quantitative estimate of drug-likeness (QED) is 0.295. The number of esters is 2. The largest absolute Gasteiger partial charge is 0.502 e. The van der Waals surface area contributed by atoms with Crippen LogP contribution in [0, 0.1) is 0 Å². The first-order chi connectivity index (χ1) is 12.4. The summed E-state index contributed by atoms with van der Waals surface area (Å²) in [5.74, 6) is -0.861. The lowest BCUT2D eigenvalue weighted by Crippen LogP contribution is -2.08. The number of hydrogen-bond donors (Lipinski definition) is 1. The molecule has 0 amide bonds. The van der Waals surface area contributed by atoms with E-state index in [-0.39, 0.29) is 13.2 Å². The minimum atomic E-state index is -0.832. The van der Waals surface area contributed by atoms with Gasteiger partial charge in [0.15, 0.2) is 0 Å². The summed E-state index contributed by atoms with van der Waals surface area (Å²) in [6, 6.07) is 8.19. The predicted octanol–water partition coefficient (Wildman–Crippen LogP) is 4.50. The van der Waals surface area contributed by atoms with E-state index < -0.39 is 17.7 Å². The minimum Gasteiger partial charge on any atom is -0.502 e. The Morgan fingerprint density at radius 1 is 1.04 bits per heavy atom. The topological polar surface area (TPSA) is 72.8 Å². The Morgan fingerprint density at radius 2 is 1.62 bits per heavy atom. The van der Waals surface area contributed by atoms with Crippen molar-refractivity contribution in [2.45, 2.75) is 39.4 Å². The van der Waals surface area contributed by atoms with Gasteiger partial charge in [0.2, 0.25) is 5.76 Å². The molecule has 1 rings (SSSR count). The number of carbonyl (C=O) groups excluding carboxylic acids is 2. The van der Waals surface area contributed by atoms with Gasteiger partial charge in [0.05, 0.1) is 18.1 Å². The second kappa shape index (κ2) is 11.4. The molecule has 1 aromatic rings. The Labute approximate surface area is 159 Å². The molecule has 0 aliphatic carbocycles. The van der Waals surface area contributed by atoms with Crippen molar-refractivity contribution in [3.05, 3.63) is 58.2 Å². The monoisotopic (exact) mass is 378 g/mol. The van der Waals surface area contributed by atoms with Crippen molar-refractivity contribution >= 4 is 23.7 Å². The van der Waals surface area contributed by atoms with Crippen LogP contribution >= 0.6 is 11.8 Å². The first-order valence-corrected chi connectivity index (χ1v) is 9.54. The molecule has 0 heterocycles. The van der Waals surface area contributed by atoms with Gasteiger partial charge in [-0.2, -0.15) is 0 Å². The van der Waals surface area contributed by atoms with Crippen LogP contribution in [-0.4, -0.2) is 30.3 Å². The molecule has 0 spiro atoms. The molecule has 0 atom stereocenters. The maximum atomic E-state index is 12.1. The zero-order valence-electron chi connectivity index (χ0n) is 15.7. The highest BCUT2D eigenvalue weighted by molar-refractivity contribution is 8.03. The van der Waals surface area contributed by atoms with Gasteiger partial charge in [-0.1, -0.05) is 38.1 Å². The molecule has 0 saturated carbocycles. The number of allylic oxidation sites excluding steroid dienone is 2. The number of aliphatic hydroxyl groups is 1. The number of aliphatic hydroxyl groups excluding tert-OH is 1. The Kier molecular flexibility index (Phi) is 9.58. The summed E-state index contributed by atoms with van der Waals surface area (Å²) in [5.41, 5.74) is 2.32. The van der Waals surface area contributed by atoms with Crippen molar-refractivity contribution in [3.63, 3.8) is 0 Å². The fourth-order valence-corrected chi connectivity index (χ4v) is 2.82. The van der Waals surface area contributed by atoms with Crippen LogP contribution in [-0.2, 0) is 24.8 Å². The van der Waals surface area contributed by atoms with Crippen molar-refractivity contribution in [2.75, 3.05) is 13.2 Å². The van der Waals surface area contributed by atoms with Crippen LogP contribution in [0.5, 0.6) is 0 Å². The normalized spacial score (nSPS) is 12.2. The molecule has 6 heteroatoms. The lowest BCUT2D eigenvalue weighted by Gasteiger charge is -2.08. The van der Waals surface area contributed by atoms with Gasteiger partial charge >= 0.3 is 11.9 Å². The fourth-order valence-electron chi connectivity index (χ4n) is 1.96. The number of hydrogen-bond acceptors (Lipinski definition) is 6. The molecule has 142 valence electrons. The molecular formula is C20H26O5S. The Balaban J connectivity index is 2.86. The van der Waals surface area contributed by atoms with Crippen LogP contribution in [0.2, 0.25) is 0 Å². The summed E-state index contributed by atoms with van der Waals surface area (Å²) in [6.45, 7) is 8.03. The molecule has 0 saturated heterocycles. The van der Waals surface area contributed by atoms with Crippen molar-refractivity contribution in [3.8, 4) is 0 Å². The van der Waals surface area contributed by atoms with Crippen LogP contribution in [0.15, 0.2) is 47.1 Å². The molecule has 1 N–H and O–H groups in total. The van der Waals surface area contributed by atoms with Crippen LogP contribution < -0.4 is 0 Å². The van der Waals surface area contributed by atoms with E-state index in [1.165, 1.54) is 23.4 Å². The first kappa shape index (κ1) is 21.8. The van der Waals surface area contributed by atoms with Gasteiger partial charge in [0.1, 0.15) is 0 Å². The smallest absolute Gasteiger partial charge is 0.373 e. The van der Waals surface area contributed by atoms with Crippen molar-refractivity contribution in [1.29, 1.82) is 0 Å². The summed E-state index contributed by atoms with van der Waals surface area (Å²) >= 11 is 1.28. The standard InChI is InChI=1S/C20H26O5S/c1-5-24-19(22)17(21)11-12-18(20(23)25-6-2)26-13-15-7-9-16(10-8-15)14(3)4/h7-12,14,21H,5-6,13H2,1-4H3. The van der Waals surface area contributed by atoms with E-state index in [0.717, 1.165) is 11.6 Å². The second-order valence-corrected chi connectivity index (χ2v) is 6.73. The second-order valence-electron chi connectivity index (χ2n) is 5.71. The zero-order chi connectivity index (χ0) is 19.5. The van der Waals surface area contributed by atoms with Gasteiger partial charge in [-0.05, 0) is 43.0 Å². The number of carbonyl (C=O) groups is 2. The van der Waals surface area contributed by atoms with Gasteiger partial charge in [0, 0.05) is 5.75 Å². The van der Waals surface area contributed by atoms with Crippen LogP contribution in [0.4, 0.5) is 0 Å². The fraction of sp³-hybridized carbons (Fsp3) is 0.400. The Morgan fingerprint density at radius 3 is 2.15 bits per heavy atom. The van der Waals surface area contributed by atoms with Crippen LogP contribution in [0.1, 0.15) is 44.7 Å². The highest BCUT2D eigenvalue weighted by Crippen LogP contribution is 2.24. The molecule has 26 heavy (non-hydrogen) atoms. The van der Waals surface area contributed by atoms with Gasteiger partial charge in [-0.3, -0.25) is 0 Å². The highest BCUT2D eigenvalue weighted by atomic mass is 32.2. The van der Waals surface area contributed by atoms with Gasteiger partial charge in [-0.25, -0.2) is 9.59 Å². The lowest BCUT2D eigenvalue weighted by atomic mass is 10.0. The van der Waals surface area contributed by atoms with E-state index in [0.29, 0.717) is 16.6 Å². The molecule has 0 bridgehead atoms. The molecule has 0 unspecified atom stereocenters. The van der Waals surface area contributed by atoms with E-state index in [1.807, 2.05) is 12.1 Å². The molecule has 0 fully saturated rings. The third kappa shape index (κ3) is 7.35. The average molecular weight is 378 g/mol. The molecule has 0 aromatic heterocycles. The average Bonchev–Trinajstić information content (AvgIpc) is 2.62. The summed E-state index contributed by atoms with van der Waals surface area (Å²) in [5, 5.41) is 9.66. The van der Waals surface area contributed by atoms with Gasteiger partial charge in [0.25, 0.3) is 0 Å².